The summed E-state index contributed by atoms with van der Waals surface area (Å²) in [6.07, 6.45) is 0. The number of benzene rings is 2. The maximum absolute atomic E-state index is 12.4. The highest BCUT2D eigenvalue weighted by Gasteiger charge is 2.22. The lowest BCUT2D eigenvalue weighted by molar-refractivity contribution is 0.371. The minimum absolute atomic E-state index is 0. The lowest BCUT2D eigenvalue weighted by atomic mass is 10.2. The highest BCUT2D eigenvalue weighted by Crippen LogP contribution is 2.27. The zero-order valence-corrected chi connectivity index (χ0v) is 19.5. The van der Waals surface area contributed by atoms with Crippen molar-refractivity contribution in [2.75, 3.05) is 50.4 Å². The summed E-state index contributed by atoms with van der Waals surface area (Å²) in [5, 5.41) is 13.2. The highest BCUT2D eigenvalue weighted by atomic mass is 127. The van der Waals surface area contributed by atoms with E-state index in [4.69, 9.17) is 0 Å². The van der Waals surface area contributed by atoms with Crippen LogP contribution < -0.4 is 10.2 Å². The quantitative estimate of drug-likeness (QED) is 0.351. The van der Waals surface area contributed by atoms with E-state index in [1.807, 2.05) is 18.2 Å². The van der Waals surface area contributed by atoms with E-state index in [0.29, 0.717) is 17.4 Å². The number of halogens is 1. The number of rotatable bonds is 5. The first-order chi connectivity index (χ1) is 13.5. The summed E-state index contributed by atoms with van der Waals surface area (Å²) in [4.78, 5) is 8.86. The van der Waals surface area contributed by atoms with Gasteiger partial charge in [0.25, 0.3) is 0 Å². The number of guanidine groups is 1. The fourth-order valence-electron chi connectivity index (χ4n) is 3.27. The number of sulfone groups is 1. The number of aromatic hydroxyl groups is 1. The zero-order chi connectivity index (χ0) is 20.0. The predicted molar refractivity (Wildman–Crippen MR) is 127 cm³/mol. The van der Waals surface area contributed by atoms with Gasteiger partial charge in [-0.25, -0.2) is 8.42 Å². The molecule has 1 heterocycles. The van der Waals surface area contributed by atoms with Crippen LogP contribution in [0.15, 0.2) is 64.5 Å². The first-order valence-corrected chi connectivity index (χ1v) is 10.9. The lowest BCUT2D eigenvalue weighted by Crippen LogP contribution is -2.53. The summed E-state index contributed by atoms with van der Waals surface area (Å²) in [7, 11) is -1.62. The van der Waals surface area contributed by atoms with Crippen molar-refractivity contribution in [1.82, 2.24) is 10.2 Å². The second-order valence-electron chi connectivity index (χ2n) is 6.57. The molecule has 1 aliphatic heterocycles. The van der Waals surface area contributed by atoms with Crippen LogP contribution in [0, 0.1) is 0 Å². The summed E-state index contributed by atoms with van der Waals surface area (Å²) in [5.74, 6) is 0.984. The lowest BCUT2D eigenvalue weighted by Gasteiger charge is -2.37. The number of piperazine rings is 1. The van der Waals surface area contributed by atoms with E-state index in [-0.39, 0.29) is 35.5 Å². The molecule has 0 unspecified atom stereocenters. The maximum atomic E-state index is 12.4. The molecule has 0 aliphatic carbocycles. The molecule has 0 bridgehead atoms. The van der Waals surface area contributed by atoms with Crippen molar-refractivity contribution in [2.24, 2.45) is 4.99 Å². The monoisotopic (exact) mass is 530 g/mol. The smallest absolute Gasteiger partial charge is 0.193 e. The van der Waals surface area contributed by atoms with Crippen LogP contribution in [0.5, 0.6) is 5.75 Å². The molecule has 0 radical (unpaired) electrons. The Hall–Kier alpha value is -2.01. The number of para-hydroxylation sites is 2. The van der Waals surface area contributed by atoms with Crippen molar-refractivity contribution >= 4 is 45.5 Å². The Morgan fingerprint density at radius 2 is 1.66 bits per heavy atom. The summed E-state index contributed by atoms with van der Waals surface area (Å²) in [5.41, 5.74) is 0.832. The number of nitrogens with one attached hydrogen (secondary N) is 1. The fraction of sp³-hybridized carbons (Fsp3) is 0.350. The number of anilines is 1. The van der Waals surface area contributed by atoms with Gasteiger partial charge in [0.15, 0.2) is 15.8 Å². The molecule has 158 valence electrons. The predicted octanol–water partition coefficient (Wildman–Crippen LogP) is 2.18. The molecule has 1 fully saturated rings. The Labute approximate surface area is 189 Å². The van der Waals surface area contributed by atoms with E-state index in [0.717, 1.165) is 31.9 Å². The average molecular weight is 530 g/mol. The van der Waals surface area contributed by atoms with Crippen molar-refractivity contribution in [2.45, 2.75) is 4.90 Å². The van der Waals surface area contributed by atoms with E-state index in [2.05, 4.69) is 20.1 Å². The molecular weight excluding hydrogens is 503 g/mol. The molecule has 7 nitrogen and oxygen atoms in total. The topological polar surface area (TPSA) is 85.2 Å². The molecule has 0 aromatic heterocycles. The number of phenolic OH excluding ortho intramolecular Hbond substituents is 1. The molecule has 1 saturated heterocycles. The van der Waals surface area contributed by atoms with Gasteiger partial charge in [-0.3, -0.25) is 4.99 Å². The Balaban J connectivity index is 0.00000300. The molecule has 0 amide bonds. The second-order valence-corrected chi connectivity index (χ2v) is 8.68. The van der Waals surface area contributed by atoms with Crippen LogP contribution in [0.2, 0.25) is 0 Å². The van der Waals surface area contributed by atoms with Gasteiger partial charge in [0, 0.05) is 39.8 Å². The Morgan fingerprint density at radius 1 is 1.03 bits per heavy atom. The summed E-state index contributed by atoms with van der Waals surface area (Å²) < 4.78 is 24.8. The van der Waals surface area contributed by atoms with Gasteiger partial charge < -0.3 is 20.2 Å². The molecule has 2 N–H and O–H groups in total. The van der Waals surface area contributed by atoms with Crippen molar-refractivity contribution in [3.63, 3.8) is 0 Å². The normalized spacial score (nSPS) is 15.0. The number of phenols is 1. The Bertz CT molecular complexity index is 914. The van der Waals surface area contributed by atoms with Crippen molar-refractivity contribution in [3.8, 4) is 5.75 Å². The van der Waals surface area contributed by atoms with E-state index < -0.39 is 9.84 Å². The zero-order valence-electron chi connectivity index (χ0n) is 16.4. The third-order valence-corrected chi connectivity index (χ3v) is 6.50. The fourth-order valence-corrected chi connectivity index (χ4v) is 4.44. The van der Waals surface area contributed by atoms with Gasteiger partial charge in [-0.15, -0.1) is 24.0 Å². The number of hydrogen-bond donors (Lipinski definition) is 2. The largest absolute Gasteiger partial charge is 0.506 e. The van der Waals surface area contributed by atoms with Gasteiger partial charge in [0.1, 0.15) is 5.75 Å². The van der Waals surface area contributed by atoms with Crippen LogP contribution in [0.25, 0.3) is 0 Å². The third kappa shape index (κ3) is 5.99. The first-order valence-electron chi connectivity index (χ1n) is 9.27. The standard InChI is InChI=1S/C20H26N4O3S.HI/c1-21-20(22-11-16-28(26,27)17-7-3-2-4-8-17)24-14-12-23(13-15-24)18-9-5-6-10-19(18)25;/h2-10,25H,11-16H2,1H3,(H,21,22);1H. The molecule has 0 saturated carbocycles. The van der Waals surface area contributed by atoms with Gasteiger partial charge in [-0.1, -0.05) is 30.3 Å². The molecule has 0 atom stereocenters. The van der Waals surface area contributed by atoms with Crippen LogP contribution >= 0.6 is 24.0 Å². The molecule has 2 aromatic carbocycles. The molecule has 1 aliphatic rings. The third-order valence-electron chi connectivity index (χ3n) is 4.77. The highest BCUT2D eigenvalue weighted by molar-refractivity contribution is 14.0. The van der Waals surface area contributed by atoms with E-state index in [1.165, 1.54) is 0 Å². The second kappa shape index (κ2) is 10.7. The van der Waals surface area contributed by atoms with Crippen LogP contribution in [0.3, 0.4) is 0 Å². The van der Waals surface area contributed by atoms with Crippen molar-refractivity contribution in [1.29, 1.82) is 0 Å². The van der Waals surface area contributed by atoms with Gasteiger partial charge in [0.05, 0.1) is 16.3 Å². The van der Waals surface area contributed by atoms with E-state index >= 15 is 0 Å². The van der Waals surface area contributed by atoms with Gasteiger partial charge >= 0.3 is 0 Å². The van der Waals surface area contributed by atoms with Crippen LogP contribution in [0.4, 0.5) is 5.69 Å². The molecule has 0 spiro atoms. The van der Waals surface area contributed by atoms with Gasteiger partial charge in [-0.2, -0.15) is 0 Å². The van der Waals surface area contributed by atoms with Crippen LogP contribution in [-0.4, -0.2) is 69.9 Å². The summed E-state index contributed by atoms with van der Waals surface area (Å²) in [6.45, 7) is 3.27. The molecular formula is C20H27IN4O3S. The summed E-state index contributed by atoms with van der Waals surface area (Å²) >= 11 is 0. The SMILES string of the molecule is CN=C(NCCS(=O)(=O)c1ccccc1)N1CCN(c2ccccc2O)CC1.I. The number of nitrogens with zero attached hydrogens (tertiary/aromatic N) is 3. The van der Waals surface area contributed by atoms with E-state index in [1.54, 1.807) is 43.4 Å². The van der Waals surface area contributed by atoms with E-state index in [9.17, 15) is 13.5 Å². The summed E-state index contributed by atoms with van der Waals surface area (Å²) in [6, 6.07) is 15.8. The average Bonchev–Trinajstić information content (AvgIpc) is 2.72. The Morgan fingerprint density at radius 3 is 2.28 bits per heavy atom. The maximum Gasteiger partial charge on any atom is 0.193 e. The molecule has 3 rings (SSSR count). The van der Waals surface area contributed by atoms with Crippen LogP contribution in [0.1, 0.15) is 0 Å². The van der Waals surface area contributed by atoms with Gasteiger partial charge in [-0.05, 0) is 24.3 Å². The number of aliphatic imine (C=N–C) groups is 1. The number of hydrogen-bond acceptors (Lipinski definition) is 5. The molecule has 29 heavy (non-hydrogen) atoms. The minimum atomic E-state index is -3.32. The van der Waals surface area contributed by atoms with Crippen molar-refractivity contribution < 1.29 is 13.5 Å². The molecule has 2 aromatic rings. The first kappa shape index (κ1) is 23.3. The molecule has 9 heteroatoms. The Kier molecular flexibility index (Phi) is 8.57. The van der Waals surface area contributed by atoms with Crippen molar-refractivity contribution in [3.05, 3.63) is 54.6 Å². The minimum Gasteiger partial charge on any atom is -0.506 e. The van der Waals surface area contributed by atoms with Gasteiger partial charge in [0.2, 0.25) is 0 Å². The van der Waals surface area contributed by atoms with Crippen LogP contribution in [-0.2, 0) is 9.84 Å².